The maximum atomic E-state index is 12.3. The first-order valence-electron chi connectivity index (χ1n) is 6.46. The molecule has 0 aliphatic carbocycles. The van der Waals surface area contributed by atoms with Crippen molar-refractivity contribution in [3.05, 3.63) is 30.6 Å². The fourth-order valence-electron chi connectivity index (χ4n) is 1.81. The van der Waals surface area contributed by atoms with Crippen molar-refractivity contribution in [3.63, 3.8) is 0 Å². The van der Waals surface area contributed by atoms with Crippen LogP contribution in [0.5, 0.6) is 5.75 Å². The summed E-state index contributed by atoms with van der Waals surface area (Å²) < 4.78 is 33.8. The van der Waals surface area contributed by atoms with Crippen molar-refractivity contribution in [1.82, 2.24) is 9.55 Å². The number of hydrogen-bond donors (Lipinski definition) is 2. The molecule has 0 unspecified atom stereocenters. The number of anilines is 2. The predicted octanol–water partition coefficient (Wildman–Crippen LogP) is 1.59. The van der Waals surface area contributed by atoms with Crippen molar-refractivity contribution >= 4 is 21.5 Å². The van der Waals surface area contributed by atoms with E-state index in [0.717, 1.165) is 6.42 Å². The highest BCUT2D eigenvalue weighted by atomic mass is 32.2. The number of nitrogens with zero attached hydrogens (tertiary/aromatic N) is 2. The first-order chi connectivity index (χ1) is 9.94. The van der Waals surface area contributed by atoms with E-state index in [9.17, 15) is 8.42 Å². The average Bonchev–Trinajstić information content (AvgIpc) is 2.77. The van der Waals surface area contributed by atoms with Crippen molar-refractivity contribution in [2.24, 2.45) is 7.05 Å². The van der Waals surface area contributed by atoms with Crippen LogP contribution in [-0.4, -0.2) is 24.6 Å². The summed E-state index contributed by atoms with van der Waals surface area (Å²) in [5.41, 5.74) is 6.02. The van der Waals surface area contributed by atoms with Gasteiger partial charge in [0.2, 0.25) is 0 Å². The molecule has 0 spiro atoms. The Morgan fingerprint density at radius 1 is 1.33 bits per heavy atom. The molecule has 8 heteroatoms. The van der Waals surface area contributed by atoms with E-state index in [4.69, 9.17) is 10.5 Å². The first kappa shape index (κ1) is 15.2. The molecule has 7 nitrogen and oxygen atoms in total. The lowest BCUT2D eigenvalue weighted by atomic mass is 10.3. The van der Waals surface area contributed by atoms with Crippen molar-refractivity contribution in [1.29, 1.82) is 0 Å². The Hall–Kier alpha value is -2.22. The number of benzene rings is 1. The van der Waals surface area contributed by atoms with E-state index in [1.807, 2.05) is 6.92 Å². The Morgan fingerprint density at radius 2 is 2.00 bits per heavy atom. The van der Waals surface area contributed by atoms with Crippen molar-refractivity contribution in [2.45, 2.75) is 18.4 Å². The van der Waals surface area contributed by atoms with Gasteiger partial charge in [0.25, 0.3) is 10.0 Å². The Morgan fingerprint density at radius 3 is 2.52 bits per heavy atom. The van der Waals surface area contributed by atoms with Gasteiger partial charge in [-0.05, 0) is 30.7 Å². The van der Waals surface area contributed by atoms with Crippen molar-refractivity contribution in [2.75, 3.05) is 17.1 Å². The van der Waals surface area contributed by atoms with E-state index in [2.05, 4.69) is 9.71 Å². The fourth-order valence-corrected chi connectivity index (χ4v) is 3.10. The third-order valence-corrected chi connectivity index (χ3v) is 4.25. The smallest absolute Gasteiger partial charge is 0.281 e. The maximum Gasteiger partial charge on any atom is 0.281 e. The molecule has 0 aliphatic rings. The van der Waals surface area contributed by atoms with Crippen LogP contribution in [0.2, 0.25) is 0 Å². The van der Waals surface area contributed by atoms with Crippen molar-refractivity contribution < 1.29 is 13.2 Å². The van der Waals surface area contributed by atoms with Gasteiger partial charge in [0.15, 0.2) is 10.8 Å². The molecule has 0 bridgehead atoms. The van der Waals surface area contributed by atoms with Crippen LogP contribution in [0.15, 0.2) is 35.6 Å². The monoisotopic (exact) mass is 310 g/mol. The number of rotatable bonds is 6. The molecular formula is C13H18N4O3S. The number of nitrogens with two attached hydrogens (primary N) is 1. The number of ether oxygens (including phenoxy) is 1. The normalized spacial score (nSPS) is 11.3. The molecule has 0 fully saturated rings. The average molecular weight is 310 g/mol. The molecule has 2 aromatic rings. The van der Waals surface area contributed by atoms with E-state index < -0.39 is 10.0 Å². The summed E-state index contributed by atoms with van der Waals surface area (Å²) in [5.74, 6) is 0.660. The largest absolute Gasteiger partial charge is 0.494 e. The SMILES string of the molecule is CCCOc1ccc(NS(=O)(=O)c2c(N)ncn2C)cc1. The lowest BCUT2D eigenvalue weighted by molar-refractivity contribution is 0.317. The minimum atomic E-state index is -3.78. The zero-order chi connectivity index (χ0) is 15.5. The highest BCUT2D eigenvalue weighted by molar-refractivity contribution is 7.92. The Kier molecular flexibility index (Phi) is 4.37. The Balaban J connectivity index is 2.17. The third-order valence-electron chi connectivity index (χ3n) is 2.74. The molecule has 0 amide bonds. The summed E-state index contributed by atoms with van der Waals surface area (Å²) >= 11 is 0. The van der Waals surface area contributed by atoms with Crippen LogP contribution in [-0.2, 0) is 17.1 Å². The van der Waals surface area contributed by atoms with Crippen LogP contribution in [0.25, 0.3) is 0 Å². The fraction of sp³-hybridized carbons (Fsp3) is 0.308. The Labute approximate surface area is 123 Å². The second-order valence-corrected chi connectivity index (χ2v) is 6.12. The van der Waals surface area contributed by atoms with Crippen LogP contribution < -0.4 is 15.2 Å². The van der Waals surface area contributed by atoms with Crippen molar-refractivity contribution in [3.8, 4) is 5.75 Å². The minimum Gasteiger partial charge on any atom is -0.494 e. The van der Waals surface area contributed by atoms with Crippen LogP contribution in [0.3, 0.4) is 0 Å². The summed E-state index contributed by atoms with van der Waals surface area (Å²) in [7, 11) is -2.21. The number of aromatic nitrogens is 2. The zero-order valence-electron chi connectivity index (χ0n) is 11.9. The number of hydrogen-bond acceptors (Lipinski definition) is 5. The summed E-state index contributed by atoms with van der Waals surface area (Å²) in [5, 5.41) is -0.0613. The highest BCUT2D eigenvalue weighted by Gasteiger charge is 2.22. The molecule has 21 heavy (non-hydrogen) atoms. The number of nitrogen functional groups attached to an aromatic ring is 1. The highest BCUT2D eigenvalue weighted by Crippen LogP contribution is 2.21. The second-order valence-electron chi connectivity index (χ2n) is 4.52. The second kappa shape index (κ2) is 6.04. The molecule has 2 rings (SSSR count). The van der Waals surface area contributed by atoms with Gasteiger partial charge in [-0.2, -0.15) is 8.42 Å². The maximum absolute atomic E-state index is 12.3. The van der Waals surface area contributed by atoms with Gasteiger partial charge in [0, 0.05) is 12.7 Å². The predicted molar refractivity (Wildman–Crippen MR) is 80.7 cm³/mol. The Bertz CT molecular complexity index is 688. The number of imidazole rings is 1. The molecule has 0 radical (unpaired) electrons. The molecule has 1 aromatic carbocycles. The lowest BCUT2D eigenvalue weighted by Crippen LogP contribution is -2.17. The van der Waals surface area contributed by atoms with Crippen LogP contribution in [0, 0.1) is 0 Å². The zero-order valence-corrected chi connectivity index (χ0v) is 12.7. The molecule has 114 valence electrons. The van der Waals surface area contributed by atoms with E-state index in [1.54, 1.807) is 31.3 Å². The summed E-state index contributed by atoms with van der Waals surface area (Å²) in [4.78, 5) is 3.77. The van der Waals surface area contributed by atoms with E-state index in [-0.39, 0.29) is 10.8 Å². The number of aryl methyl sites for hydroxylation is 1. The molecule has 3 N–H and O–H groups in total. The van der Waals surface area contributed by atoms with Crippen LogP contribution >= 0.6 is 0 Å². The number of nitrogens with one attached hydrogen (secondary N) is 1. The quantitative estimate of drug-likeness (QED) is 0.844. The summed E-state index contributed by atoms with van der Waals surface area (Å²) in [6, 6.07) is 6.68. The van der Waals surface area contributed by atoms with Gasteiger partial charge in [-0.1, -0.05) is 6.92 Å². The van der Waals surface area contributed by atoms with Gasteiger partial charge in [-0.25, -0.2) is 4.98 Å². The molecule has 0 saturated heterocycles. The minimum absolute atomic E-state index is 0.0344. The molecule has 1 aromatic heterocycles. The summed E-state index contributed by atoms with van der Waals surface area (Å²) in [6.07, 6.45) is 2.26. The van der Waals surface area contributed by atoms with Gasteiger partial charge in [-0.3, -0.25) is 4.72 Å². The van der Waals surface area contributed by atoms with Gasteiger partial charge in [-0.15, -0.1) is 0 Å². The third kappa shape index (κ3) is 3.46. The number of sulfonamides is 1. The molecule has 0 saturated carbocycles. The first-order valence-corrected chi connectivity index (χ1v) is 7.95. The van der Waals surface area contributed by atoms with Gasteiger partial charge >= 0.3 is 0 Å². The van der Waals surface area contributed by atoms with E-state index in [0.29, 0.717) is 18.0 Å². The van der Waals surface area contributed by atoms with Gasteiger partial charge < -0.3 is 15.0 Å². The lowest BCUT2D eigenvalue weighted by Gasteiger charge is -2.10. The van der Waals surface area contributed by atoms with Crippen LogP contribution in [0.4, 0.5) is 11.5 Å². The topological polar surface area (TPSA) is 99.2 Å². The van der Waals surface area contributed by atoms with E-state index >= 15 is 0 Å². The van der Waals surface area contributed by atoms with E-state index in [1.165, 1.54) is 10.9 Å². The van der Waals surface area contributed by atoms with Crippen LogP contribution in [0.1, 0.15) is 13.3 Å². The standard InChI is InChI=1S/C13H18N4O3S/c1-3-8-20-11-6-4-10(5-7-11)16-21(18,19)13-12(14)15-9-17(13)2/h4-7,9,16H,3,8,14H2,1-2H3. The summed E-state index contributed by atoms with van der Waals surface area (Å²) in [6.45, 7) is 2.64. The molecule has 0 atom stereocenters. The van der Waals surface area contributed by atoms with Gasteiger partial charge in [0.05, 0.1) is 12.9 Å². The van der Waals surface area contributed by atoms with Gasteiger partial charge in [0.1, 0.15) is 5.75 Å². The molecule has 0 aliphatic heterocycles. The molecule has 1 heterocycles. The molecular weight excluding hydrogens is 292 g/mol.